The van der Waals surface area contributed by atoms with Crippen LogP contribution in [0.15, 0.2) is 146 Å². The summed E-state index contributed by atoms with van der Waals surface area (Å²) in [6.45, 7) is 4.36. The van der Waals surface area contributed by atoms with Gasteiger partial charge in [-0.05, 0) is 59.7 Å². The van der Waals surface area contributed by atoms with Crippen molar-refractivity contribution in [3.8, 4) is 22.5 Å². The van der Waals surface area contributed by atoms with E-state index in [4.69, 9.17) is 0 Å². The Morgan fingerprint density at radius 2 is 0.833 bits per heavy atom. The van der Waals surface area contributed by atoms with E-state index in [9.17, 15) is 0 Å². The minimum atomic E-state index is 1.17. The molecular formula is C40H34N2. The van der Waals surface area contributed by atoms with Crippen molar-refractivity contribution in [2.75, 3.05) is 0 Å². The fraction of sp³-hybridized carbons (Fsp3) is 0.100. The van der Waals surface area contributed by atoms with Gasteiger partial charge in [0, 0.05) is 32.9 Å². The molecule has 0 radical (unpaired) electrons. The van der Waals surface area contributed by atoms with Gasteiger partial charge in [-0.25, -0.2) is 0 Å². The minimum absolute atomic E-state index is 1.17. The third-order valence-corrected chi connectivity index (χ3v) is 8.20. The Labute approximate surface area is 247 Å². The summed E-state index contributed by atoms with van der Waals surface area (Å²) in [7, 11) is 0. The van der Waals surface area contributed by atoms with Gasteiger partial charge in [-0.3, -0.25) is 0 Å². The van der Waals surface area contributed by atoms with Gasteiger partial charge in [0.15, 0.2) is 0 Å². The van der Waals surface area contributed by atoms with E-state index in [0.29, 0.717) is 0 Å². The van der Waals surface area contributed by atoms with E-state index < -0.39 is 0 Å². The molecule has 0 aliphatic heterocycles. The lowest BCUT2D eigenvalue weighted by Crippen LogP contribution is -1.95. The highest BCUT2D eigenvalue weighted by atomic mass is 15.0. The molecule has 0 saturated heterocycles. The topological polar surface area (TPSA) is 9.86 Å². The SMILES string of the molecule is CCCC.c1ccc(-c2cccc(-n3c4ccccc4c4c5c6ccccc6n(-c6ccccc6)c5ccc43)c2)cc1. The highest BCUT2D eigenvalue weighted by Crippen LogP contribution is 2.42. The van der Waals surface area contributed by atoms with Crippen LogP contribution in [0.5, 0.6) is 0 Å². The van der Waals surface area contributed by atoms with Crippen molar-refractivity contribution in [3.63, 3.8) is 0 Å². The molecule has 0 fully saturated rings. The lowest BCUT2D eigenvalue weighted by molar-refractivity contribution is 0.886. The quantitative estimate of drug-likeness (QED) is 0.209. The Morgan fingerprint density at radius 1 is 0.381 bits per heavy atom. The maximum Gasteiger partial charge on any atom is 0.0548 e. The molecule has 0 saturated carbocycles. The van der Waals surface area contributed by atoms with Crippen molar-refractivity contribution in [1.82, 2.24) is 9.13 Å². The van der Waals surface area contributed by atoms with Crippen LogP contribution in [-0.2, 0) is 0 Å². The second kappa shape index (κ2) is 11.1. The van der Waals surface area contributed by atoms with Gasteiger partial charge in [-0.2, -0.15) is 0 Å². The summed E-state index contributed by atoms with van der Waals surface area (Å²) in [4.78, 5) is 0. The molecule has 6 aromatic carbocycles. The number of benzene rings is 6. The van der Waals surface area contributed by atoms with Crippen molar-refractivity contribution < 1.29 is 0 Å². The molecule has 2 aromatic heterocycles. The normalized spacial score (nSPS) is 11.3. The lowest BCUT2D eigenvalue weighted by Gasteiger charge is -2.11. The van der Waals surface area contributed by atoms with Crippen LogP contribution in [0, 0.1) is 0 Å². The highest BCUT2D eigenvalue weighted by molar-refractivity contribution is 6.28. The van der Waals surface area contributed by atoms with Crippen molar-refractivity contribution in [2.45, 2.75) is 26.7 Å². The van der Waals surface area contributed by atoms with Crippen LogP contribution in [0.2, 0.25) is 0 Å². The summed E-state index contributed by atoms with van der Waals surface area (Å²) < 4.78 is 4.82. The average molecular weight is 543 g/mol. The molecule has 0 atom stereocenters. The summed E-state index contributed by atoms with van der Waals surface area (Å²) in [6, 6.07) is 52.3. The third-order valence-electron chi connectivity index (χ3n) is 8.20. The van der Waals surface area contributed by atoms with E-state index in [1.807, 2.05) is 0 Å². The van der Waals surface area contributed by atoms with Gasteiger partial charge in [0.2, 0.25) is 0 Å². The number of rotatable bonds is 4. The summed E-state index contributed by atoms with van der Waals surface area (Å²) in [5, 5.41) is 5.15. The Morgan fingerprint density at radius 3 is 1.40 bits per heavy atom. The van der Waals surface area contributed by atoms with Gasteiger partial charge in [-0.1, -0.05) is 124 Å². The van der Waals surface area contributed by atoms with Crippen molar-refractivity contribution >= 4 is 43.6 Å². The highest BCUT2D eigenvalue weighted by Gasteiger charge is 2.20. The van der Waals surface area contributed by atoms with Gasteiger partial charge >= 0.3 is 0 Å². The molecule has 0 aliphatic rings. The Kier molecular flexibility index (Phi) is 6.81. The molecule has 0 N–H and O–H groups in total. The summed E-state index contributed by atoms with van der Waals surface area (Å²) in [5.41, 5.74) is 9.69. The molecule has 2 heterocycles. The second-order valence-electron chi connectivity index (χ2n) is 10.8. The molecule has 8 rings (SSSR count). The number of aromatic nitrogens is 2. The number of nitrogens with zero attached hydrogens (tertiary/aromatic N) is 2. The third kappa shape index (κ3) is 4.28. The first-order valence-electron chi connectivity index (χ1n) is 15.0. The van der Waals surface area contributed by atoms with Crippen LogP contribution < -0.4 is 0 Å². The van der Waals surface area contributed by atoms with E-state index in [1.165, 1.54) is 79.0 Å². The first kappa shape index (κ1) is 25.9. The van der Waals surface area contributed by atoms with Gasteiger partial charge in [0.25, 0.3) is 0 Å². The zero-order chi connectivity index (χ0) is 28.5. The van der Waals surface area contributed by atoms with E-state index >= 15 is 0 Å². The monoisotopic (exact) mass is 542 g/mol. The standard InChI is InChI=1S/C36H24N2.C4H10/c1-3-12-25(13-4-1)26-14-11-17-28(24-26)38-32-21-10-8-19-30(32)36-34(38)23-22-33-35(36)29-18-7-9-20-31(29)37(33)27-15-5-2-6-16-27;1-3-4-2/h1-24H;3-4H2,1-2H3. The lowest BCUT2D eigenvalue weighted by atomic mass is 10.0. The van der Waals surface area contributed by atoms with E-state index in [0.717, 1.165) is 0 Å². The average Bonchev–Trinajstić information content (AvgIpc) is 3.58. The first-order valence-corrected chi connectivity index (χ1v) is 15.0. The van der Waals surface area contributed by atoms with Gasteiger partial charge in [0.05, 0.1) is 22.1 Å². The van der Waals surface area contributed by atoms with Crippen LogP contribution in [0.1, 0.15) is 26.7 Å². The molecular weight excluding hydrogens is 508 g/mol. The molecule has 0 aliphatic carbocycles. The second-order valence-corrected chi connectivity index (χ2v) is 10.8. The van der Waals surface area contributed by atoms with Gasteiger partial charge in [0.1, 0.15) is 0 Å². The minimum Gasteiger partial charge on any atom is -0.309 e. The Bertz CT molecular complexity index is 2150. The summed E-state index contributed by atoms with van der Waals surface area (Å²) >= 11 is 0. The summed E-state index contributed by atoms with van der Waals surface area (Å²) in [5.74, 6) is 0. The predicted octanol–water partition coefficient (Wildman–Crippen LogP) is 11.4. The number of hydrogen-bond acceptors (Lipinski definition) is 0. The Hall–Kier alpha value is -5.08. The van der Waals surface area contributed by atoms with Crippen LogP contribution in [0.25, 0.3) is 66.1 Å². The molecule has 42 heavy (non-hydrogen) atoms. The van der Waals surface area contributed by atoms with Crippen molar-refractivity contribution in [3.05, 3.63) is 146 Å². The number of para-hydroxylation sites is 3. The largest absolute Gasteiger partial charge is 0.309 e. The van der Waals surface area contributed by atoms with Crippen molar-refractivity contribution in [1.29, 1.82) is 0 Å². The number of unbranched alkanes of at least 4 members (excludes halogenated alkanes) is 1. The molecule has 8 aromatic rings. The van der Waals surface area contributed by atoms with Crippen LogP contribution in [0.3, 0.4) is 0 Å². The molecule has 0 bridgehead atoms. The number of fused-ring (bicyclic) bond motifs is 7. The maximum atomic E-state index is 2.42. The molecule has 0 unspecified atom stereocenters. The van der Waals surface area contributed by atoms with E-state index in [1.54, 1.807) is 0 Å². The van der Waals surface area contributed by atoms with E-state index in [2.05, 4.69) is 169 Å². The molecule has 0 amide bonds. The molecule has 2 heteroatoms. The number of hydrogen-bond donors (Lipinski definition) is 0. The smallest absolute Gasteiger partial charge is 0.0548 e. The fourth-order valence-corrected chi connectivity index (χ4v) is 6.11. The van der Waals surface area contributed by atoms with Crippen molar-refractivity contribution in [2.24, 2.45) is 0 Å². The molecule has 2 nitrogen and oxygen atoms in total. The van der Waals surface area contributed by atoms with Crippen LogP contribution in [0.4, 0.5) is 0 Å². The van der Waals surface area contributed by atoms with Crippen LogP contribution >= 0.6 is 0 Å². The zero-order valence-electron chi connectivity index (χ0n) is 24.2. The van der Waals surface area contributed by atoms with Gasteiger partial charge in [-0.15, -0.1) is 0 Å². The zero-order valence-corrected chi connectivity index (χ0v) is 24.2. The molecule has 0 spiro atoms. The fourth-order valence-electron chi connectivity index (χ4n) is 6.11. The summed E-state index contributed by atoms with van der Waals surface area (Å²) in [6.07, 6.45) is 2.64. The first-order chi connectivity index (χ1) is 20.8. The maximum absolute atomic E-state index is 2.42. The van der Waals surface area contributed by atoms with Crippen LogP contribution in [-0.4, -0.2) is 9.13 Å². The van der Waals surface area contributed by atoms with Gasteiger partial charge < -0.3 is 9.13 Å². The molecule has 204 valence electrons. The Balaban J connectivity index is 0.000000680. The predicted molar refractivity (Wildman–Crippen MR) is 181 cm³/mol. The van der Waals surface area contributed by atoms with E-state index in [-0.39, 0.29) is 0 Å².